The number of hydrazine groups is 1. The van der Waals surface area contributed by atoms with Crippen LogP contribution in [0.3, 0.4) is 0 Å². The van der Waals surface area contributed by atoms with Gasteiger partial charge >= 0.3 is 0 Å². The second-order valence-electron chi connectivity index (χ2n) is 7.75. The molecule has 4 N–H and O–H groups in total. The maximum absolute atomic E-state index is 13.6. The van der Waals surface area contributed by atoms with Crippen molar-refractivity contribution in [2.75, 3.05) is 27.2 Å². The molecule has 0 saturated carbocycles. The minimum absolute atomic E-state index is 0.0381. The van der Waals surface area contributed by atoms with Crippen molar-refractivity contribution in [3.63, 3.8) is 0 Å². The number of likely N-dealkylation sites (tertiary alicyclic amines) is 1. The summed E-state index contributed by atoms with van der Waals surface area (Å²) in [6.45, 7) is 0.369. The topological polar surface area (TPSA) is 80.3 Å². The van der Waals surface area contributed by atoms with Crippen LogP contribution in [0.25, 0.3) is 11.1 Å². The molecule has 2 aromatic rings. The molecule has 0 spiro atoms. The van der Waals surface area contributed by atoms with Crippen LogP contribution in [-0.2, 0) is 9.59 Å². The first-order valence-electron chi connectivity index (χ1n) is 9.86. The van der Waals surface area contributed by atoms with Crippen LogP contribution in [0.15, 0.2) is 48.5 Å². The van der Waals surface area contributed by atoms with E-state index in [0.717, 1.165) is 11.1 Å². The molecule has 6 nitrogen and oxygen atoms in total. The van der Waals surface area contributed by atoms with Gasteiger partial charge in [0.15, 0.2) is 6.04 Å². The van der Waals surface area contributed by atoms with E-state index in [-0.39, 0.29) is 24.2 Å². The number of nitrogens with zero attached hydrogens (tertiary/aromatic N) is 2. The van der Waals surface area contributed by atoms with Gasteiger partial charge < -0.3 is 10.6 Å². The molecule has 0 aliphatic carbocycles. The maximum Gasteiger partial charge on any atom is 0.282 e. The molecule has 3 rings (SSSR count). The monoisotopic (exact) mass is 417 g/mol. The molecule has 0 bridgehead atoms. The molecular weight excluding hydrogens is 390 g/mol. The van der Waals surface area contributed by atoms with Crippen LogP contribution in [0.5, 0.6) is 0 Å². The van der Waals surface area contributed by atoms with Crippen LogP contribution in [-0.4, -0.2) is 61.1 Å². The molecule has 2 amide bonds. The predicted molar refractivity (Wildman–Crippen MR) is 109 cm³/mol. The van der Waals surface area contributed by atoms with Gasteiger partial charge in [0.1, 0.15) is 17.9 Å². The summed E-state index contributed by atoms with van der Waals surface area (Å²) in [5.74, 6) is -1.84. The lowest BCUT2D eigenvalue weighted by atomic mass is 9.89. The summed E-state index contributed by atoms with van der Waals surface area (Å²) < 4.78 is 26.7. The zero-order valence-corrected chi connectivity index (χ0v) is 17.1. The van der Waals surface area contributed by atoms with E-state index in [1.807, 2.05) is 12.1 Å². The SMILES string of the molecule is CN(C)NC(=O)[C@@H](c1ccc(-c2ccc(F)cc2)cc1)[C@H]([NH3+])C(=O)N1CC[C@H](F)C1. The molecular formula is C22H27F2N4O2+. The molecule has 1 aliphatic heterocycles. The lowest BCUT2D eigenvalue weighted by Gasteiger charge is -2.25. The van der Waals surface area contributed by atoms with Gasteiger partial charge in [-0.25, -0.2) is 13.8 Å². The second kappa shape index (κ2) is 9.32. The van der Waals surface area contributed by atoms with Crippen LogP contribution in [0.1, 0.15) is 17.9 Å². The van der Waals surface area contributed by atoms with E-state index >= 15 is 0 Å². The highest BCUT2D eigenvalue weighted by molar-refractivity contribution is 5.92. The van der Waals surface area contributed by atoms with Crippen molar-refractivity contribution in [2.45, 2.75) is 24.6 Å². The average Bonchev–Trinajstić information content (AvgIpc) is 3.14. The van der Waals surface area contributed by atoms with Crippen molar-refractivity contribution in [1.82, 2.24) is 15.3 Å². The van der Waals surface area contributed by atoms with Crippen molar-refractivity contribution in [1.29, 1.82) is 0 Å². The van der Waals surface area contributed by atoms with E-state index in [0.29, 0.717) is 18.5 Å². The Labute approximate surface area is 174 Å². The number of hydrogen-bond donors (Lipinski definition) is 2. The van der Waals surface area contributed by atoms with Crippen LogP contribution in [0.4, 0.5) is 8.78 Å². The summed E-state index contributed by atoms with van der Waals surface area (Å²) in [6.07, 6.45) is -0.732. The molecule has 0 unspecified atom stereocenters. The lowest BCUT2D eigenvalue weighted by molar-refractivity contribution is -0.408. The van der Waals surface area contributed by atoms with E-state index < -0.39 is 18.1 Å². The lowest BCUT2D eigenvalue weighted by Crippen LogP contribution is -2.72. The van der Waals surface area contributed by atoms with Gasteiger partial charge in [0.25, 0.3) is 5.91 Å². The fraction of sp³-hybridized carbons (Fsp3) is 0.364. The molecule has 0 aromatic heterocycles. The average molecular weight is 417 g/mol. The molecule has 1 saturated heterocycles. The van der Waals surface area contributed by atoms with E-state index in [1.54, 1.807) is 38.4 Å². The number of nitrogens with one attached hydrogen (secondary N) is 1. The van der Waals surface area contributed by atoms with Crippen LogP contribution < -0.4 is 11.2 Å². The highest BCUT2D eigenvalue weighted by Crippen LogP contribution is 2.26. The number of halogens is 2. The Bertz CT molecular complexity index is 887. The Kier molecular flexibility index (Phi) is 6.79. The Hall–Kier alpha value is -2.84. The Morgan fingerprint density at radius 2 is 1.67 bits per heavy atom. The quantitative estimate of drug-likeness (QED) is 0.697. The molecule has 1 fully saturated rings. The van der Waals surface area contributed by atoms with Gasteiger partial charge in [-0.15, -0.1) is 0 Å². The number of rotatable bonds is 6. The summed E-state index contributed by atoms with van der Waals surface area (Å²) >= 11 is 0. The van der Waals surface area contributed by atoms with E-state index in [4.69, 9.17) is 0 Å². The molecule has 160 valence electrons. The predicted octanol–water partition coefficient (Wildman–Crippen LogP) is 1.35. The maximum atomic E-state index is 13.6. The molecule has 1 heterocycles. The number of carbonyl (C=O) groups is 2. The Morgan fingerprint density at radius 1 is 1.10 bits per heavy atom. The number of alkyl halides is 1. The van der Waals surface area contributed by atoms with E-state index in [1.165, 1.54) is 22.0 Å². The van der Waals surface area contributed by atoms with Crippen molar-refractivity contribution in [3.8, 4) is 11.1 Å². The van der Waals surface area contributed by atoms with Crippen molar-refractivity contribution in [3.05, 3.63) is 59.9 Å². The zero-order valence-electron chi connectivity index (χ0n) is 17.1. The summed E-state index contributed by atoms with van der Waals surface area (Å²) in [7, 11) is 3.36. The smallest absolute Gasteiger partial charge is 0.282 e. The molecule has 0 radical (unpaired) electrons. The second-order valence-corrected chi connectivity index (χ2v) is 7.75. The van der Waals surface area contributed by atoms with Crippen LogP contribution in [0, 0.1) is 5.82 Å². The minimum atomic E-state index is -1.04. The van der Waals surface area contributed by atoms with Gasteiger partial charge in [0.05, 0.1) is 6.54 Å². The highest BCUT2D eigenvalue weighted by Gasteiger charge is 2.40. The molecule has 1 aliphatic rings. The fourth-order valence-corrected chi connectivity index (χ4v) is 3.68. The number of hydrogen-bond acceptors (Lipinski definition) is 3. The summed E-state index contributed by atoms with van der Waals surface area (Å²) in [4.78, 5) is 27.2. The molecule has 3 atom stereocenters. The van der Waals surface area contributed by atoms with Gasteiger partial charge in [0.2, 0.25) is 5.91 Å². The van der Waals surface area contributed by atoms with Crippen LogP contribution in [0.2, 0.25) is 0 Å². The molecule has 2 aromatic carbocycles. The van der Waals surface area contributed by atoms with Crippen LogP contribution >= 0.6 is 0 Å². The third kappa shape index (κ3) is 5.01. The first-order chi connectivity index (χ1) is 14.3. The Balaban J connectivity index is 1.87. The number of amides is 2. The highest BCUT2D eigenvalue weighted by atomic mass is 19.1. The normalized spacial score (nSPS) is 18.3. The Morgan fingerprint density at radius 3 is 2.17 bits per heavy atom. The van der Waals surface area contributed by atoms with Gasteiger partial charge in [-0.3, -0.25) is 15.0 Å². The van der Waals surface area contributed by atoms with E-state index in [2.05, 4.69) is 11.2 Å². The summed E-state index contributed by atoms with van der Waals surface area (Å²) in [5.41, 5.74) is 8.99. The van der Waals surface area contributed by atoms with Gasteiger partial charge in [0, 0.05) is 20.6 Å². The minimum Gasteiger partial charge on any atom is -0.346 e. The van der Waals surface area contributed by atoms with Crippen molar-refractivity contribution in [2.24, 2.45) is 0 Å². The van der Waals surface area contributed by atoms with E-state index in [9.17, 15) is 18.4 Å². The number of benzene rings is 2. The first-order valence-corrected chi connectivity index (χ1v) is 9.86. The van der Waals surface area contributed by atoms with Crippen molar-refractivity contribution < 1.29 is 24.1 Å². The first kappa shape index (κ1) is 21.9. The molecule has 8 heteroatoms. The zero-order chi connectivity index (χ0) is 21.8. The van der Waals surface area contributed by atoms with Crippen molar-refractivity contribution >= 4 is 11.8 Å². The fourth-order valence-electron chi connectivity index (χ4n) is 3.68. The number of carbonyl (C=O) groups excluding carboxylic acids is 2. The standard InChI is InChI=1S/C22H26F2N4O2/c1-27(2)26-21(29)19(20(25)22(30)28-12-11-18(24)13-28)16-5-3-14(4-6-16)15-7-9-17(23)10-8-15/h3-10,18-20H,11-13,25H2,1-2H3,(H,26,29)/p+1/t18-,19-,20-/m0/s1. The van der Waals surface area contributed by atoms with Gasteiger partial charge in [-0.05, 0) is 35.2 Å². The van der Waals surface area contributed by atoms with Gasteiger partial charge in [-0.2, -0.15) is 0 Å². The summed E-state index contributed by atoms with van der Waals surface area (Å²) in [6, 6.07) is 12.4. The largest absolute Gasteiger partial charge is 0.346 e. The third-order valence-electron chi connectivity index (χ3n) is 5.23. The number of quaternary nitrogens is 1. The molecule has 30 heavy (non-hydrogen) atoms. The summed E-state index contributed by atoms with van der Waals surface area (Å²) in [5, 5.41) is 1.51. The van der Waals surface area contributed by atoms with Gasteiger partial charge in [-0.1, -0.05) is 36.4 Å². The third-order valence-corrected chi connectivity index (χ3v) is 5.23.